The zero-order valence-electron chi connectivity index (χ0n) is 6.77. The van der Waals surface area contributed by atoms with Gasteiger partial charge in [0.15, 0.2) is 0 Å². The van der Waals surface area contributed by atoms with E-state index >= 15 is 0 Å². The van der Waals surface area contributed by atoms with E-state index in [1.807, 2.05) is 0 Å². The summed E-state index contributed by atoms with van der Waals surface area (Å²) in [6.45, 7) is 0.242. The van der Waals surface area contributed by atoms with Crippen molar-refractivity contribution in [3.8, 4) is 0 Å². The van der Waals surface area contributed by atoms with Gasteiger partial charge in [0.1, 0.15) is 11.7 Å². The molecule has 5 N–H and O–H groups in total. The highest BCUT2D eigenvalue weighted by atomic mass is 16.4. The summed E-state index contributed by atoms with van der Waals surface area (Å²) in [5, 5.41) is 39.8. The minimum atomic E-state index is -1.56. The largest absolute Gasteiger partial charge is 0.394 e. The molecule has 0 aromatic rings. The zero-order valence-corrected chi connectivity index (χ0v) is 6.77. The van der Waals surface area contributed by atoms with E-state index in [0.29, 0.717) is 6.54 Å². The lowest BCUT2D eigenvalue weighted by Crippen LogP contribution is -2.61. The summed E-state index contributed by atoms with van der Waals surface area (Å²) >= 11 is 0. The second-order valence-corrected chi connectivity index (χ2v) is 3.16. The third-order valence-corrected chi connectivity index (χ3v) is 2.37. The van der Waals surface area contributed by atoms with Crippen molar-refractivity contribution in [1.29, 1.82) is 0 Å². The van der Waals surface area contributed by atoms with Gasteiger partial charge in [-0.3, -0.25) is 0 Å². The highest BCUT2D eigenvalue weighted by Gasteiger charge is 2.43. The number of aliphatic hydroxyl groups excluding tert-OH is 3. The van der Waals surface area contributed by atoms with E-state index in [1.54, 1.807) is 0 Å². The molecule has 1 saturated heterocycles. The van der Waals surface area contributed by atoms with Gasteiger partial charge in [-0.15, -0.1) is 0 Å². The Kier molecular flexibility index (Phi) is 3.03. The van der Waals surface area contributed by atoms with Crippen molar-refractivity contribution in [2.45, 2.75) is 24.2 Å². The van der Waals surface area contributed by atoms with E-state index < -0.39 is 24.4 Å². The number of aliphatic hydroxyl groups is 4. The van der Waals surface area contributed by atoms with Crippen LogP contribution in [-0.2, 0) is 0 Å². The minimum absolute atomic E-state index is 0.244. The first-order valence-electron chi connectivity index (χ1n) is 4.01. The van der Waals surface area contributed by atoms with Gasteiger partial charge in [0.2, 0.25) is 0 Å². The summed E-state index contributed by atoms with van der Waals surface area (Å²) in [5.74, 6) is 0. The lowest BCUT2D eigenvalue weighted by atomic mass is 9.84. The van der Waals surface area contributed by atoms with Crippen LogP contribution in [0.4, 0.5) is 0 Å². The molecule has 0 spiro atoms. The first kappa shape index (κ1) is 9.88. The van der Waals surface area contributed by atoms with Gasteiger partial charge < -0.3 is 25.7 Å². The van der Waals surface area contributed by atoms with Crippen LogP contribution < -0.4 is 5.32 Å². The van der Waals surface area contributed by atoms with Crippen LogP contribution in [0.3, 0.4) is 0 Å². The highest BCUT2D eigenvalue weighted by Crippen LogP contribution is 2.22. The Bertz CT molecular complexity index is 148. The number of nitrogens with one attached hydrogen (secondary N) is 1. The Hall–Kier alpha value is -0.200. The van der Waals surface area contributed by atoms with Crippen molar-refractivity contribution in [3.63, 3.8) is 0 Å². The van der Waals surface area contributed by atoms with Gasteiger partial charge in [-0.05, 0) is 13.0 Å². The predicted octanol–water partition coefficient (Wildman–Crippen LogP) is -2.58. The maximum Gasteiger partial charge on any atom is 0.121 e. The molecule has 0 aromatic heterocycles. The fourth-order valence-electron chi connectivity index (χ4n) is 1.42. The second-order valence-electron chi connectivity index (χ2n) is 3.16. The van der Waals surface area contributed by atoms with E-state index in [1.165, 1.54) is 0 Å². The molecule has 1 rings (SSSR count). The van der Waals surface area contributed by atoms with Gasteiger partial charge >= 0.3 is 0 Å². The summed E-state index contributed by atoms with van der Waals surface area (Å²) in [6, 6.07) is 0. The van der Waals surface area contributed by atoms with Gasteiger partial charge in [-0.2, -0.15) is 0 Å². The summed E-state index contributed by atoms with van der Waals surface area (Å²) < 4.78 is 0. The second kappa shape index (κ2) is 3.68. The smallest absolute Gasteiger partial charge is 0.121 e. The molecule has 0 bridgehead atoms. The Morgan fingerprint density at radius 1 is 1.58 bits per heavy atom. The van der Waals surface area contributed by atoms with Crippen LogP contribution in [0.15, 0.2) is 0 Å². The molecule has 0 radical (unpaired) electrons. The first-order chi connectivity index (χ1) is 5.61. The number of rotatable bonds is 2. The van der Waals surface area contributed by atoms with E-state index in [0.717, 1.165) is 0 Å². The van der Waals surface area contributed by atoms with Crippen LogP contribution in [0.5, 0.6) is 0 Å². The molecule has 0 saturated carbocycles. The monoisotopic (exact) mass is 177 g/mol. The summed E-state index contributed by atoms with van der Waals surface area (Å²) in [5.41, 5.74) is -1.56. The van der Waals surface area contributed by atoms with E-state index in [4.69, 9.17) is 5.11 Å². The Labute approximate surface area is 70.6 Å². The number of hydrogen-bond acceptors (Lipinski definition) is 5. The molecule has 0 aromatic carbocycles. The molecule has 0 unspecified atom stereocenters. The van der Waals surface area contributed by atoms with Crippen LogP contribution in [0, 0.1) is 0 Å². The molecule has 1 fully saturated rings. The number of β-amino-alcohol motifs (C(OH)–C–C–N with tert-alkyl or cyclic N) is 1. The van der Waals surface area contributed by atoms with Gasteiger partial charge in [-0.25, -0.2) is 0 Å². The fourth-order valence-corrected chi connectivity index (χ4v) is 1.42. The third-order valence-electron chi connectivity index (χ3n) is 2.37. The van der Waals surface area contributed by atoms with E-state index in [-0.39, 0.29) is 13.0 Å². The summed E-state index contributed by atoms with van der Waals surface area (Å²) in [4.78, 5) is 0. The van der Waals surface area contributed by atoms with Crippen LogP contribution >= 0.6 is 0 Å². The minimum Gasteiger partial charge on any atom is -0.394 e. The van der Waals surface area contributed by atoms with Crippen molar-refractivity contribution in [1.82, 2.24) is 5.32 Å². The standard InChI is InChI=1S/C7H15NO4/c9-4-6(11)7(12)1-2-8-3-5(7)10/h5-6,8-12H,1-4H2/t5-,6+,7-/m1/s1. The Morgan fingerprint density at radius 3 is 2.75 bits per heavy atom. The maximum absolute atomic E-state index is 9.71. The normalized spacial score (nSPS) is 39.5. The molecule has 5 heteroatoms. The van der Waals surface area contributed by atoms with Crippen molar-refractivity contribution >= 4 is 0 Å². The molecule has 1 heterocycles. The lowest BCUT2D eigenvalue weighted by Gasteiger charge is -2.39. The van der Waals surface area contributed by atoms with Crippen LogP contribution in [0.1, 0.15) is 6.42 Å². The van der Waals surface area contributed by atoms with Crippen LogP contribution in [0.2, 0.25) is 0 Å². The average Bonchev–Trinajstić information content (AvgIpc) is 2.09. The van der Waals surface area contributed by atoms with E-state index in [2.05, 4.69) is 5.32 Å². The Morgan fingerprint density at radius 2 is 2.25 bits per heavy atom. The topological polar surface area (TPSA) is 93.0 Å². The van der Waals surface area contributed by atoms with Gasteiger partial charge in [-0.1, -0.05) is 0 Å². The maximum atomic E-state index is 9.71. The molecular formula is C7H15NO4. The number of piperidine rings is 1. The van der Waals surface area contributed by atoms with Crippen molar-refractivity contribution in [3.05, 3.63) is 0 Å². The first-order valence-corrected chi connectivity index (χ1v) is 4.01. The van der Waals surface area contributed by atoms with Crippen molar-refractivity contribution < 1.29 is 20.4 Å². The number of hydrogen-bond donors (Lipinski definition) is 5. The molecule has 1 aliphatic heterocycles. The SMILES string of the molecule is OC[C@H](O)[C@@]1(O)CCNC[C@H]1O. The molecule has 3 atom stereocenters. The van der Waals surface area contributed by atoms with Gasteiger partial charge in [0, 0.05) is 6.54 Å². The zero-order chi connectivity index (χ0) is 9.19. The fraction of sp³-hybridized carbons (Fsp3) is 1.00. The van der Waals surface area contributed by atoms with Crippen LogP contribution in [0.25, 0.3) is 0 Å². The summed E-state index contributed by atoms with van der Waals surface area (Å²) in [7, 11) is 0. The molecule has 1 aliphatic rings. The van der Waals surface area contributed by atoms with Crippen molar-refractivity contribution in [2.24, 2.45) is 0 Å². The lowest BCUT2D eigenvalue weighted by molar-refractivity contribution is -0.168. The molecular weight excluding hydrogens is 162 g/mol. The third kappa shape index (κ3) is 1.60. The molecule has 0 aliphatic carbocycles. The van der Waals surface area contributed by atoms with Gasteiger partial charge in [0.25, 0.3) is 0 Å². The summed E-state index contributed by atoms with van der Waals surface area (Å²) in [6.07, 6.45) is -2.04. The molecule has 0 amide bonds. The Balaban J connectivity index is 2.65. The quantitative estimate of drug-likeness (QED) is 0.319. The van der Waals surface area contributed by atoms with Crippen LogP contribution in [-0.4, -0.2) is 57.9 Å². The molecule has 5 nitrogen and oxygen atoms in total. The van der Waals surface area contributed by atoms with Gasteiger partial charge in [0.05, 0.1) is 12.7 Å². The highest BCUT2D eigenvalue weighted by molar-refractivity contribution is 4.97. The predicted molar refractivity (Wildman–Crippen MR) is 41.5 cm³/mol. The van der Waals surface area contributed by atoms with E-state index in [9.17, 15) is 15.3 Å². The molecule has 12 heavy (non-hydrogen) atoms. The average molecular weight is 177 g/mol. The molecule has 72 valence electrons. The van der Waals surface area contributed by atoms with Crippen molar-refractivity contribution in [2.75, 3.05) is 19.7 Å².